The number of hydrogen-bond donors (Lipinski definition) is 1. The van der Waals surface area contributed by atoms with Gasteiger partial charge in [-0.25, -0.2) is 0 Å². The van der Waals surface area contributed by atoms with Gasteiger partial charge in [-0.15, -0.1) is 0 Å². The maximum Gasteiger partial charge on any atom is 0.257 e. The van der Waals surface area contributed by atoms with Crippen molar-refractivity contribution in [3.63, 3.8) is 0 Å². The van der Waals surface area contributed by atoms with Gasteiger partial charge in [0.2, 0.25) is 0 Å². The number of carbonyl (C=O) groups excluding carboxylic acids is 1. The van der Waals surface area contributed by atoms with Crippen LogP contribution in [0.2, 0.25) is 0 Å². The number of piperidine rings is 1. The number of carbonyl (C=O) groups is 1. The zero-order valence-electron chi connectivity index (χ0n) is 14.7. The van der Waals surface area contributed by atoms with E-state index < -0.39 is 0 Å². The number of nitrogens with zero attached hydrogens (tertiary/aromatic N) is 1. The predicted molar refractivity (Wildman–Crippen MR) is 96.5 cm³/mol. The fourth-order valence-corrected chi connectivity index (χ4v) is 3.79. The van der Waals surface area contributed by atoms with Gasteiger partial charge in [0.05, 0.1) is 0 Å². The molecule has 1 aliphatic heterocycles. The lowest BCUT2D eigenvalue weighted by molar-refractivity contribution is -0.123. The minimum Gasteiger partial charge on any atom is -0.483 e. The number of fused-ring (bicyclic) bond motifs is 1. The number of hydrogen-bond acceptors (Lipinski definition) is 3. The zero-order valence-corrected chi connectivity index (χ0v) is 14.7. The minimum absolute atomic E-state index is 0.0120. The highest BCUT2D eigenvalue weighted by molar-refractivity contribution is 5.77. The molecule has 1 saturated heterocycles. The fourth-order valence-electron chi connectivity index (χ4n) is 3.79. The molecule has 4 nitrogen and oxygen atoms in total. The lowest BCUT2D eigenvalue weighted by Gasteiger charge is -2.26. The monoisotopic (exact) mass is 330 g/mol. The number of likely N-dealkylation sites (tertiary alicyclic amines) is 1. The number of amides is 1. The van der Waals surface area contributed by atoms with Gasteiger partial charge in [0.1, 0.15) is 5.75 Å². The average Bonchev–Trinajstić information content (AvgIpc) is 2.64. The normalized spacial score (nSPS) is 18.0. The Balaban J connectivity index is 1.35. The van der Waals surface area contributed by atoms with Gasteiger partial charge in [0.25, 0.3) is 5.91 Å². The third-order valence-corrected chi connectivity index (χ3v) is 5.13. The molecular formula is C20H30N2O2. The van der Waals surface area contributed by atoms with Crippen molar-refractivity contribution in [2.45, 2.75) is 51.4 Å². The fraction of sp³-hybridized carbons (Fsp3) is 0.650. The summed E-state index contributed by atoms with van der Waals surface area (Å²) in [7, 11) is 0. The molecule has 1 N–H and O–H groups in total. The van der Waals surface area contributed by atoms with Crippen LogP contribution < -0.4 is 10.1 Å². The van der Waals surface area contributed by atoms with E-state index in [1.807, 2.05) is 12.1 Å². The second-order valence-corrected chi connectivity index (χ2v) is 7.00. The summed E-state index contributed by atoms with van der Waals surface area (Å²) < 4.78 is 5.79. The summed E-state index contributed by atoms with van der Waals surface area (Å²) in [6.45, 7) is 4.39. The molecule has 1 heterocycles. The van der Waals surface area contributed by atoms with Crippen LogP contribution in [0.1, 0.15) is 49.7 Å². The van der Waals surface area contributed by atoms with Gasteiger partial charge in [-0.05, 0) is 81.8 Å². The maximum atomic E-state index is 12.0. The van der Waals surface area contributed by atoms with Gasteiger partial charge in [0, 0.05) is 6.54 Å². The highest BCUT2D eigenvalue weighted by Crippen LogP contribution is 2.29. The van der Waals surface area contributed by atoms with Crippen LogP contribution in [0.25, 0.3) is 0 Å². The van der Waals surface area contributed by atoms with E-state index in [2.05, 4.69) is 16.3 Å². The van der Waals surface area contributed by atoms with Crippen molar-refractivity contribution in [1.82, 2.24) is 10.2 Å². The third-order valence-electron chi connectivity index (χ3n) is 5.13. The Bertz CT molecular complexity index is 538. The molecule has 1 fully saturated rings. The molecule has 132 valence electrons. The molecule has 0 radical (unpaired) electrons. The molecule has 0 spiro atoms. The van der Waals surface area contributed by atoms with Crippen LogP contribution >= 0.6 is 0 Å². The SMILES string of the molecule is O=C(COc1cccc2c1CCCC2)NCCCN1CCCCC1. The number of ether oxygens (including phenoxy) is 1. The second-order valence-electron chi connectivity index (χ2n) is 7.00. The zero-order chi connectivity index (χ0) is 16.6. The molecule has 24 heavy (non-hydrogen) atoms. The Kier molecular flexibility index (Phi) is 6.53. The van der Waals surface area contributed by atoms with Crippen molar-refractivity contribution in [2.24, 2.45) is 0 Å². The summed E-state index contributed by atoms with van der Waals surface area (Å²) in [5.41, 5.74) is 2.70. The van der Waals surface area contributed by atoms with E-state index in [0.29, 0.717) is 0 Å². The molecule has 1 amide bonds. The molecule has 3 rings (SSSR count). The highest BCUT2D eigenvalue weighted by atomic mass is 16.5. The number of benzene rings is 1. The Morgan fingerprint density at radius 1 is 1.08 bits per heavy atom. The van der Waals surface area contributed by atoms with E-state index in [4.69, 9.17) is 4.74 Å². The second kappa shape index (κ2) is 9.07. The Labute approximate surface area is 145 Å². The third kappa shape index (κ3) is 4.97. The summed E-state index contributed by atoms with van der Waals surface area (Å²) in [5, 5.41) is 2.98. The molecule has 1 aromatic rings. The van der Waals surface area contributed by atoms with Gasteiger partial charge in [-0.1, -0.05) is 18.6 Å². The predicted octanol–water partition coefficient (Wildman–Crippen LogP) is 2.94. The molecule has 0 unspecified atom stereocenters. The molecule has 2 aliphatic rings. The van der Waals surface area contributed by atoms with E-state index in [1.54, 1.807) is 0 Å². The molecule has 0 atom stereocenters. The molecular weight excluding hydrogens is 300 g/mol. The summed E-state index contributed by atoms with van der Waals surface area (Å²) in [6, 6.07) is 6.21. The average molecular weight is 330 g/mol. The molecule has 1 aliphatic carbocycles. The van der Waals surface area contributed by atoms with Crippen molar-refractivity contribution in [1.29, 1.82) is 0 Å². The van der Waals surface area contributed by atoms with E-state index in [1.165, 1.54) is 56.3 Å². The van der Waals surface area contributed by atoms with E-state index in [0.717, 1.165) is 38.1 Å². The van der Waals surface area contributed by atoms with Crippen LogP contribution in [0.4, 0.5) is 0 Å². The van der Waals surface area contributed by atoms with Crippen LogP contribution in [-0.2, 0) is 17.6 Å². The van der Waals surface area contributed by atoms with Crippen LogP contribution in [0.5, 0.6) is 5.75 Å². The number of nitrogens with one attached hydrogen (secondary N) is 1. The quantitative estimate of drug-likeness (QED) is 0.782. The van der Waals surface area contributed by atoms with Crippen molar-refractivity contribution >= 4 is 5.91 Å². The summed E-state index contributed by atoms with van der Waals surface area (Å²) in [5.74, 6) is 0.887. The number of rotatable bonds is 7. The standard InChI is InChI=1S/C20H30N2O2/c23-20(21-12-7-15-22-13-4-1-5-14-22)16-24-19-11-6-9-17-8-2-3-10-18(17)19/h6,9,11H,1-5,7-8,10,12-16H2,(H,21,23). The molecule has 0 bridgehead atoms. The first-order valence-electron chi connectivity index (χ1n) is 9.55. The topological polar surface area (TPSA) is 41.6 Å². The van der Waals surface area contributed by atoms with Crippen LogP contribution in [0.15, 0.2) is 18.2 Å². The molecule has 1 aromatic carbocycles. The van der Waals surface area contributed by atoms with Gasteiger partial charge >= 0.3 is 0 Å². The largest absolute Gasteiger partial charge is 0.483 e. The molecule has 0 saturated carbocycles. The van der Waals surface area contributed by atoms with E-state index in [-0.39, 0.29) is 12.5 Å². The maximum absolute atomic E-state index is 12.0. The van der Waals surface area contributed by atoms with Gasteiger partial charge in [-0.2, -0.15) is 0 Å². The van der Waals surface area contributed by atoms with Gasteiger partial charge in [-0.3, -0.25) is 4.79 Å². The summed E-state index contributed by atoms with van der Waals surface area (Å²) in [4.78, 5) is 14.5. The first kappa shape index (κ1) is 17.3. The Morgan fingerprint density at radius 3 is 2.79 bits per heavy atom. The van der Waals surface area contributed by atoms with Crippen molar-refractivity contribution in [3.05, 3.63) is 29.3 Å². The smallest absolute Gasteiger partial charge is 0.257 e. The van der Waals surface area contributed by atoms with Crippen molar-refractivity contribution in [2.75, 3.05) is 32.8 Å². The van der Waals surface area contributed by atoms with Crippen LogP contribution in [0, 0.1) is 0 Å². The van der Waals surface area contributed by atoms with Crippen molar-refractivity contribution < 1.29 is 9.53 Å². The highest BCUT2D eigenvalue weighted by Gasteiger charge is 2.14. The lowest BCUT2D eigenvalue weighted by Crippen LogP contribution is -2.34. The van der Waals surface area contributed by atoms with E-state index in [9.17, 15) is 4.79 Å². The molecule has 0 aromatic heterocycles. The number of aryl methyl sites for hydroxylation is 1. The Morgan fingerprint density at radius 2 is 1.92 bits per heavy atom. The summed E-state index contributed by atoms with van der Waals surface area (Å²) in [6.07, 6.45) is 9.71. The van der Waals surface area contributed by atoms with Crippen LogP contribution in [-0.4, -0.2) is 43.6 Å². The van der Waals surface area contributed by atoms with Crippen molar-refractivity contribution in [3.8, 4) is 5.75 Å². The molecule has 4 heteroatoms. The van der Waals surface area contributed by atoms with Gasteiger partial charge in [0.15, 0.2) is 6.61 Å². The summed E-state index contributed by atoms with van der Waals surface area (Å²) >= 11 is 0. The van der Waals surface area contributed by atoms with Gasteiger partial charge < -0.3 is 15.0 Å². The Hall–Kier alpha value is -1.55. The lowest BCUT2D eigenvalue weighted by atomic mass is 9.91. The van der Waals surface area contributed by atoms with Crippen LogP contribution in [0.3, 0.4) is 0 Å². The van der Waals surface area contributed by atoms with E-state index >= 15 is 0 Å². The first-order chi connectivity index (χ1) is 11.8. The minimum atomic E-state index is -0.0120. The first-order valence-corrected chi connectivity index (χ1v) is 9.55.